The van der Waals surface area contributed by atoms with E-state index in [0.29, 0.717) is 11.6 Å². The van der Waals surface area contributed by atoms with Gasteiger partial charge in [0.05, 0.1) is 11.7 Å². The van der Waals surface area contributed by atoms with E-state index in [9.17, 15) is 0 Å². The molecular weight excluding hydrogens is 274 g/mol. The van der Waals surface area contributed by atoms with Crippen LogP contribution in [0.1, 0.15) is 25.1 Å². The molecule has 1 heterocycles. The molecule has 1 aromatic carbocycles. The minimum absolute atomic E-state index is 0.0788. The van der Waals surface area contributed by atoms with Crippen molar-refractivity contribution in [2.45, 2.75) is 19.4 Å². The third-order valence-corrected chi connectivity index (χ3v) is 3.18. The van der Waals surface area contributed by atoms with Crippen molar-refractivity contribution in [3.8, 4) is 5.75 Å². The molecule has 1 unspecified atom stereocenters. The third kappa shape index (κ3) is 4.25. The first kappa shape index (κ1) is 14.9. The van der Waals surface area contributed by atoms with Crippen LogP contribution < -0.4 is 10.1 Å². The molecule has 0 aliphatic rings. The number of hydrogen-bond acceptors (Lipinski definition) is 3. The first-order chi connectivity index (χ1) is 9.69. The van der Waals surface area contributed by atoms with Crippen molar-refractivity contribution < 1.29 is 4.74 Å². The van der Waals surface area contributed by atoms with Crippen molar-refractivity contribution in [3.63, 3.8) is 0 Å². The molecule has 0 saturated carbocycles. The molecule has 0 bridgehead atoms. The predicted molar refractivity (Wildman–Crippen MR) is 81.2 cm³/mol. The van der Waals surface area contributed by atoms with Gasteiger partial charge in [-0.1, -0.05) is 24.6 Å². The summed E-state index contributed by atoms with van der Waals surface area (Å²) in [5.74, 6) is 0.775. The van der Waals surface area contributed by atoms with Crippen LogP contribution in [0.25, 0.3) is 0 Å². The van der Waals surface area contributed by atoms with Crippen molar-refractivity contribution in [1.29, 1.82) is 0 Å². The molecule has 2 rings (SSSR count). The van der Waals surface area contributed by atoms with E-state index in [1.807, 2.05) is 43.6 Å². The summed E-state index contributed by atoms with van der Waals surface area (Å²) in [6.07, 6.45) is 3.01. The number of ether oxygens (including phenoxy) is 1. The maximum atomic E-state index is 5.95. The molecule has 0 aliphatic heterocycles. The zero-order valence-corrected chi connectivity index (χ0v) is 12.6. The molecule has 5 heteroatoms. The minimum Gasteiger partial charge on any atom is -0.491 e. The highest BCUT2D eigenvalue weighted by molar-refractivity contribution is 6.30. The normalized spacial score (nSPS) is 12.3. The zero-order chi connectivity index (χ0) is 14.4. The summed E-state index contributed by atoms with van der Waals surface area (Å²) in [6.45, 7) is 3.60. The van der Waals surface area contributed by atoms with Crippen LogP contribution in [0.15, 0.2) is 36.5 Å². The Morgan fingerprint density at radius 1 is 1.40 bits per heavy atom. The van der Waals surface area contributed by atoms with Crippen LogP contribution >= 0.6 is 11.6 Å². The maximum Gasteiger partial charge on any atom is 0.120 e. The number of hydrogen-bond donors (Lipinski definition) is 1. The lowest BCUT2D eigenvalue weighted by Crippen LogP contribution is -2.28. The van der Waals surface area contributed by atoms with E-state index in [1.165, 1.54) is 0 Å². The number of benzene rings is 1. The maximum absolute atomic E-state index is 5.95. The molecule has 0 amide bonds. The van der Waals surface area contributed by atoms with E-state index in [0.717, 1.165) is 24.4 Å². The SMILES string of the molecule is CCCNC(COc1cccc(Cl)c1)c1ccn(C)n1. The van der Waals surface area contributed by atoms with E-state index < -0.39 is 0 Å². The van der Waals surface area contributed by atoms with Crippen molar-refractivity contribution >= 4 is 11.6 Å². The Labute approximate surface area is 124 Å². The van der Waals surface area contributed by atoms with E-state index in [2.05, 4.69) is 17.3 Å². The second-order valence-corrected chi connectivity index (χ2v) is 5.13. The number of nitrogens with one attached hydrogen (secondary N) is 1. The van der Waals surface area contributed by atoms with Crippen LogP contribution in [0.3, 0.4) is 0 Å². The molecule has 1 N–H and O–H groups in total. The van der Waals surface area contributed by atoms with Crippen LogP contribution in [0.2, 0.25) is 5.02 Å². The number of aryl methyl sites for hydroxylation is 1. The Kier molecular flexibility index (Phi) is 5.44. The molecular formula is C15H20ClN3O. The molecule has 0 aliphatic carbocycles. The van der Waals surface area contributed by atoms with Gasteiger partial charge in [-0.3, -0.25) is 4.68 Å². The largest absolute Gasteiger partial charge is 0.491 e. The highest BCUT2D eigenvalue weighted by Crippen LogP contribution is 2.19. The molecule has 1 atom stereocenters. The lowest BCUT2D eigenvalue weighted by Gasteiger charge is -2.17. The highest BCUT2D eigenvalue weighted by Gasteiger charge is 2.14. The lowest BCUT2D eigenvalue weighted by atomic mass is 10.2. The summed E-state index contributed by atoms with van der Waals surface area (Å²) in [7, 11) is 1.91. The number of halogens is 1. The van der Waals surface area contributed by atoms with Crippen molar-refractivity contribution in [2.24, 2.45) is 7.05 Å². The summed E-state index contributed by atoms with van der Waals surface area (Å²) < 4.78 is 7.61. The molecule has 1 aromatic heterocycles. The van der Waals surface area contributed by atoms with Crippen LogP contribution in [0.4, 0.5) is 0 Å². The van der Waals surface area contributed by atoms with Gasteiger partial charge in [0, 0.05) is 18.3 Å². The quantitative estimate of drug-likeness (QED) is 0.852. The smallest absolute Gasteiger partial charge is 0.120 e. The summed E-state index contributed by atoms with van der Waals surface area (Å²) in [5.41, 5.74) is 0.989. The third-order valence-electron chi connectivity index (χ3n) is 2.94. The number of rotatable bonds is 7. The molecule has 4 nitrogen and oxygen atoms in total. The second-order valence-electron chi connectivity index (χ2n) is 4.69. The van der Waals surface area contributed by atoms with Gasteiger partial charge in [0.15, 0.2) is 0 Å². The monoisotopic (exact) mass is 293 g/mol. The Balaban J connectivity index is 2.00. The van der Waals surface area contributed by atoms with Gasteiger partial charge < -0.3 is 10.1 Å². The molecule has 0 spiro atoms. The van der Waals surface area contributed by atoms with Gasteiger partial charge in [0.2, 0.25) is 0 Å². The van der Waals surface area contributed by atoms with Crippen LogP contribution in [-0.2, 0) is 7.05 Å². The lowest BCUT2D eigenvalue weighted by molar-refractivity contribution is 0.263. The Hall–Kier alpha value is -1.52. The van der Waals surface area contributed by atoms with Gasteiger partial charge in [0.1, 0.15) is 12.4 Å². The standard InChI is InChI=1S/C15H20ClN3O/c1-3-8-17-15(14-7-9-19(2)18-14)11-20-13-6-4-5-12(16)10-13/h4-7,9-10,15,17H,3,8,11H2,1-2H3. The first-order valence-electron chi connectivity index (χ1n) is 6.80. The average Bonchev–Trinajstić information content (AvgIpc) is 2.85. The first-order valence-corrected chi connectivity index (χ1v) is 7.18. The van der Waals surface area contributed by atoms with Gasteiger partial charge in [-0.25, -0.2) is 0 Å². The minimum atomic E-state index is 0.0788. The fourth-order valence-electron chi connectivity index (χ4n) is 1.92. The number of aromatic nitrogens is 2. The van der Waals surface area contributed by atoms with Gasteiger partial charge in [-0.05, 0) is 37.2 Å². The Morgan fingerprint density at radius 3 is 2.90 bits per heavy atom. The van der Waals surface area contributed by atoms with E-state index in [4.69, 9.17) is 16.3 Å². The molecule has 20 heavy (non-hydrogen) atoms. The topological polar surface area (TPSA) is 39.1 Å². The van der Waals surface area contributed by atoms with Crippen LogP contribution in [-0.4, -0.2) is 22.9 Å². The molecule has 2 aromatic rings. The van der Waals surface area contributed by atoms with Crippen LogP contribution in [0.5, 0.6) is 5.75 Å². The molecule has 0 fully saturated rings. The molecule has 0 radical (unpaired) electrons. The van der Waals surface area contributed by atoms with Gasteiger partial charge in [-0.2, -0.15) is 5.10 Å². The molecule has 0 saturated heterocycles. The number of nitrogens with zero attached hydrogens (tertiary/aromatic N) is 2. The van der Waals surface area contributed by atoms with Crippen molar-refractivity contribution in [1.82, 2.24) is 15.1 Å². The van der Waals surface area contributed by atoms with Gasteiger partial charge >= 0.3 is 0 Å². The Bertz CT molecular complexity index is 541. The van der Waals surface area contributed by atoms with Gasteiger partial charge in [-0.15, -0.1) is 0 Å². The zero-order valence-electron chi connectivity index (χ0n) is 11.8. The van der Waals surface area contributed by atoms with E-state index in [1.54, 1.807) is 4.68 Å². The predicted octanol–water partition coefficient (Wildman–Crippen LogP) is 3.19. The molecule has 108 valence electrons. The average molecular weight is 294 g/mol. The van der Waals surface area contributed by atoms with Gasteiger partial charge in [0.25, 0.3) is 0 Å². The second kappa shape index (κ2) is 7.31. The fraction of sp³-hybridized carbons (Fsp3) is 0.400. The van der Waals surface area contributed by atoms with E-state index in [-0.39, 0.29) is 6.04 Å². The summed E-state index contributed by atoms with van der Waals surface area (Å²) in [6, 6.07) is 9.52. The highest BCUT2D eigenvalue weighted by atomic mass is 35.5. The fourth-order valence-corrected chi connectivity index (χ4v) is 2.10. The summed E-state index contributed by atoms with van der Waals surface area (Å²) >= 11 is 5.95. The Morgan fingerprint density at radius 2 is 2.25 bits per heavy atom. The van der Waals surface area contributed by atoms with Crippen LogP contribution in [0, 0.1) is 0 Å². The summed E-state index contributed by atoms with van der Waals surface area (Å²) in [4.78, 5) is 0. The van der Waals surface area contributed by atoms with E-state index >= 15 is 0 Å². The summed E-state index contributed by atoms with van der Waals surface area (Å²) in [5, 5.41) is 8.57. The van der Waals surface area contributed by atoms with Crippen molar-refractivity contribution in [3.05, 3.63) is 47.2 Å². The van der Waals surface area contributed by atoms with Crippen molar-refractivity contribution in [2.75, 3.05) is 13.2 Å².